The number of amides is 2. The quantitative estimate of drug-likeness (QED) is 0.146. The zero-order valence-electron chi connectivity index (χ0n) is 26.8. The molecule has 0 radical (unpaired) electrons. The molecule has 3 heterocycles. The van der Waals surface area contributed by atoms with Crippen molar-refractivity contribution in [2.24, 2.45) is 11.7 Å². The van der Waals surface area contributed by atoms with Gasteiger partial charge in [-0.2, -0.15) is 17.6 Å². The first-order valence-electron chi connectivity index (χ1n) is 15.1. The van der Waals surface area contributed by atoms with Gasteiger partial charge in [-0.3, -0.25) is 14.0 Å². The highest BCUT2D eigenvalue weighted by molar-refractivity contribution is 5.96. The maximum atomic E-state index is 14.8. The molecule has 2 unspecified atom stereocenters. The summed E-state index contributed by atoms with van der Waals surface area (Å²) in [6.07, 6.45) is 1.17. The Hall–Kier alpha value is -5.32. The Labute approximate surface area is 277 Å². The van der Waals surface area contributed by atoms with Crippen LogP contribution in [0.3, 0.4) is 0 Å². The van der Waals surface area contributed by atoms with Gasteiger partial charge in [0.25, 0.3) is 5.91 Å². The molecule has 262 valence electrons. The number of carbonyl (C=O) groups is 3. The van der Waals surface area contributed by atoms with Crippen LogP contribution in [0.2, 0.25) is 0 Å². The molecule has 49 heavy (non-hydrogen) atoms. The third-order valence-corrected chi connectivity index (χ3v) is 7.93. The molecule has 2 amide bonds. The number of nitrogens with one attached hydrogen (secondary N) is 3. The van der Waals surface area contributed by atoms with Gasteiger partial charge in [-0.1, -0.05) is 6.92 Å². The molecule has 17 heteroatoms. The molecule has 12 nitrogen and oxygen atoms in total. The minimum Gasteiger partial charge on any atom is -0.494 e. The number of alkyl halides is 3. The van der Waals surface area contributed by atoms with Crippen molar-refractivity contribution < 1.29 is 50.7 Å². The Balaban J connectivity index is 0.000000603. The summed E-state index contributed by atoms with van der Waals surface area (Å²) in [6.45, 7) is 4.77. The van der Waals surface area contributed by atoms with Gasteiger partial charge in [-0.15, -0.1) is 0 Å². The number of anilines is 2. The van der Waals surface area contributed by atoms with E-state index in [1.165, 1.54) is 36.5 Å². The summed E-state index contributed by atoms with van der Waals surface area (Å²) in [6, 6.07) is 8.23. The lowest BCUT2D eigenvalue weighted by atomic mass is 10.0. The Bertz CT molecular complexity index is 1830. The van der Waals surface area contributed by atoms with Gasteiger partial charge in [0.1, 0.15) is 0 Å². The third-order valence-electron chi connectivity index (χ3n) is 7.93. The number of methoxy groups -OCH3 is 2. The lowest BCUT2D eigenvalue weighted by Gasteiger charge is -2.15. The Morgan fingerprint density at radius 3 is 2.47 bits per heavy atom. The standard InChI is InChI=1S/C29H31F2N7O3.C3H3F3O2/c1-3-17-14-19(4-5-20(17)29(40)34-9-12-37-11-8-18(16-37)26(32)39)36-27-28-35-15-22(38(28)13-10-33-27)21-6-7-23(41-2)25(31)24(21)30;1-8-2(7)3(4,5)6/h4-7,10,13-15,18H,3,8-9,11-12,16H2,1-2H3,(H2,32,39)(H,33,36)(H,34,40);1H3/p+1. The monoisotopic (exact) mass is 692 g/mol. The molecule has 1 aliphatic rings. The Kier molecular flexibility index (Phi) is 11.7. The SMILES string of the molecule is CCc1cc(Nc2nccn3c(-c4ccc(OC)c(F)c4F)cnc23)ccc1C(=O)NCC[NH+]1CCC(C(N)=O)C1.COC(=O)C(F)(F)F. The van der Waals surface area contributed by atoms with Crippen LogP contribution in [0.15, 0.2) is 48.9 Å². The number of nitrogens with two attached hydrogens (primary N) is 1. The fourth-order valence-corrected chi connectivity index (χ4v) is 5.38. The Morgan fingerprint density at radius 1 is 1.10 bits per heavy atom. The summed E-state index contributed by atoms with van der Waals surface area (Å²) in [4.78, 5) is 43.9. The zero-order valence-corrected chi connectivity index (χ0v) is 26.8. The number of rotatable bonds is 10. The summed E-state index contributed by atoms with van der Waals surface area (Å²) in [5.74, 6) is -4.55. The number of hydrogen-bond acceptors (Lipinski definition) is 8. The van der Waals surface area contributed by atoms with Crippen molar-refractivity contribution in [3.05, 3.63) is 71.7 Å². The fourth-order valence-electron chi connectivity index (χ4n) is 5.38. The number of esters is 1. The molecule has 0 aliphatic carbocycles. The first kappa shape index (κ1) is 36.5. The number of aromatic nitrogens is 3. The number of hydrogen-bond donors (Lipinski definition) is 4. The summed E-state index contributed by atoms with van der Waals surface area (Å²) in [5.41, 5.74) is 8.35. The van der Waals surface area contributed by atoms with E-state index in [1.807, 2.05) is 13.0 Å². The van der Waals surface area contributed by atoms with Crippen LogP contribution in [0, 0.1) is 17.6 Å². The zero-order chi connectivity index (χ0) is 35.9. The highest BCUT2D eigenvalue weighted by Crippen LogP contribution is 2.31. The Morgan fingerprint density at radius 2 is 1.86 bits per heavy atom. The van der Waals surface area contributed by atoms with Crippen LogP contribution in [0.4, 0.5) is 33.5 Å². The van der Waals surface area contributed by atoms with Crippen LogP contribution in [0.25, 0.3) is 16.9 Å². The van der Waals surface area contributed by atoms with Gasteiger partial charge in [0, 0.05) is 35.6 Å². The van der Waals surface area contributed by atoms with Gasteiger partial charge in [0.15, 0.2) is 23.0 Å². The van der Waals surface area contributed by atoms with Gasteiger partial charge in [-0.05, 0) is 42.3 Å². The van der Waals surface area contributed by atoms with E-state index in [1.54, 1.807) is 22.7 Å². The predicted molar refractivity (Wildman–Crippen MR) is 167 cm³/mol. The second-order valence-electron chi connectivity index (χ2n) is 11.0. The number of ether oxygens (including phenoxy) is 2. The van der Waals surface area contributed by atoms with Crippen molar-refractivity contribution in [2.45, 2.75) is 25.9 Å². The van der Waals surface area contributed by atoms with Gasteiger partial charge < -0.3 is 30.7 Å². The van der Waals surface area contributed by atoms with E-state index in [2.05, 4.69) is 25.3 Å². The van der Waals surface area contributed by atoms with E-state index in [0.717, 1.165) is 25.1 Å². The van der Waals surface area contributed by atoms with E-state index in [4.69, 9.17) is 10.5 Å². The highest BCUT2D eigenvalue weighted by Gasteiger charge is 2.40. The molecular formula is C32H35F5N7O5+. The molecule has 2 aromatic heterocycles. The van der Waals surface area contributed by atoms with E-state index < -0.39 is 23.8 Å². The largest absolute Gasteiger partial charge is 0.494 e. The van der Waals surface area contributed by atoms with Gasteiger partial charge in [-0.25, -0.2) is 19.2 Å². The molecule has 1 saturated heterocycles. The maximum Gasteiger partial charge on any atom is 0.490 e. The number of primary amides is 1. The van der Waals surface area contributed by atoms with E-state index >= 15 is 0 Å². The molecule has 0 bridgehead atoms. The average Bonchev–Trinajstić information content (AvgIpc) is 3.74. The molecular weight excluding hydrogens is 657 g/mol. The van der Waals surface area contributed by atoms with Crippen LogP contribution >= 0.6 is 0 Å². The van der Waals surface area contributed by atoms with Crippen LogP contribution in [0.1, 0.15) is 29.3 Å². The second-order valence-corrected chi connectivity index (χ2v) is 11.0. The number of imidazole rings is 1. The number of halogens is 5. The minimum absolute atomic E-state index is 0.0376. The number of fused-ring (bicyclic) bond motifs is 1. The molecule has 1 fully saturated rings. The molecule has 0 spiro atoms. The first-order chi connectivity index (χ1) is 23.3. The molecule has 5 rings (SSSR count). The predicted octanol–water partition coefficient (Wildman–Crippen LogP) is 2.83. The van der Waals surface area contributed by atoms with E-state index in [0.29, 0.717) is 55.0 Å². The molecule has 0 saturated carbocycles. The van der Waals surface area contributed by atoms with Crippen molar-refractivity contribution in [3.8, 4) is 17.0 Å². The van der Waals surface area contributed by atoms with Crippen molar-refractivity contribution in [1.29, 1.82) is 0 Å². The number of quaternary nitrogens is 1. The normalized spacial score (nSPS) is 15.7. The van der Waals surface area contributed by atoms with Crippen LogP contribution < -0.4 is 26.0 Å². The van der Waals surface area contributed by atoms with Crippen LogP contribution in [-0.2, 0) is 20.7 Å². The third kappa shape index (κ3) is 8.59. The minimum atomic E-state index is -4.85. The molecule has 5 N–H and O–H groups in total. The van der Waals surface area contributed by atoms with Gasteiger partial charge >= 0.3 is 12.1 Å². The molecule has 2 aromatic carbocycles. The number of benzene rings is 2. The molecule has 1 aliphatic heterocycles. The number of likely N-dealkylation sites (tertiary alicyclic amines) is 1. The number of nitrogens with zero attached hydrogens (tertiary/aromatic N) is 3. The number of aryl methyl sites for hydroxylation is 1. The van der Waals surface area contributed by atoms with E-state index in [9.17, 15) is 36.3 Å². The van der Waals surface area contributed by atoms with Crippen molar-refractivity contribution >= 4 is 34.9 Å². The van der Waals surface area contributed by atoms with Crippen molar-refractivity contribution in [2.75, 3.05) is 45.7 Å². The van der Waals surface area contributed by atoms with Crippen LogP contribution in [0.5, 0.6) is 5.75 Å². The lowest BCUT2D eigenvalue weighted by molar-refractivity contribution is -0.887. The highest BCUT2D eigenvalue weighted by atomic mass is 19.4. The second kappa shape index (κ2) is 15.7. The van der Waals surface area contributed by atoms with Gasteiger partial charge in [0.2, 0.25) is 11.7 Å². The maximum absolute atomic E-state index is 14.8. The molecule has 2 atom stereocenters. The summed E-state index contributed by atoms with van der Waals surface area (Å²) in [7, 11) is 1.95. The topological polar surface area (TPSA) is 154 Å². The lowest BCUT2D eigenvalue weighted by Crippen LogP contribution is -3.11. The smallest absolute Gasteiger partial charge is 0.490 e. The van der Waals surface area contributed by atoms with Crippen molar-refractivity contribution in [1.82, 2.24) is 19.7 Å². The summed E-state index contributed by atoms with van der Waals surface area (Å²) in [5, 5.41) is 6.22. The van der Waals surface area contributed by atoms with Crippen molar-refractivity contribution in [3.63, 3.8) is 0 Å². The summed E-state index contributed by atoms with van der Waals surface area (Å²) < 4.78 is 71.9. The average molecular weight is 693 g/mol. The fraction of sp³-hybridized carbons (Fsp3) is 0.344. The summed E-state index contributed by atoms with van der Waals surface area (Å²) >= 11 is 0. The molecule has 4 aromatic rings. The van der Waals surface area contributed by atoms with Crippen LogP contribution in [-0.4, -0.2) is 78.7 Å². The number of carbonyl (C=O) groups excluding carboxylic acids is 3. The van der Waals surface area contributed by atoms with Gasteiger partial charge in [0.05, 0.1) is 58.2 Å². The van der Waals surface area contributed by atoms with E-state index in [-0.39, 0.29) is 29.0 Å². The first-order valence-corrected chi connectivity index (χ1v) is 15.1.